The molecule has 7 nitrogen and oxygen atoms in total. The van der Waals surface area contributed by atoms with E-state index in [9.17, 15) is 10.0 Å². The minimum Gasteiger partial charge on any atom is -0.314 e. The molecule has 1 fully saturated rings. The van der Waals surface area contributed by atoms with E-state index in [0.717, 1.165) is 12.8 Å². The summed E-state index contributed by atoms with van der Waals surface area (Å²) < 4.78 is 1.83. The highest BCUT2D eigenvalue weighted by Gasteiger charge is 2.23. The molecular weight excluding hydrogens is 234 g/mol. The minimum atomic E-state index is -0.150. The zero-order valence-electron chi connectivity index (χ0n) is 10.1. The van der Waals surface area contributed by atoms with E-state index in [1.807, 2.05) is 11.6 Å². The molecule has 0 radical (unpaired) electrons. The molecule has 0 atom stereocenters. The topological polar surface area (TPSA) is 87.0 Å². The van der Waals surface area contributed by atoms with Crippen molar-refractivity contribution < 1.29 is 5.21 Å². The summed E-state index contributed by atoms with van der Waals surface area (Å²) in [5, 5.41) is 15.7. The van der Waals surface area contributed by atoms with Gasteiger partial charge in [0.05, 0.1) is 18.1 Å². The van der Waals surface area contributed by atoms with Crippen LogP contribution < -0.4 is 5.56 Å². The van der Waals surface area contributed by atoms with E-state index in [4.69, 9.17) is 0 Å². The molecule has 2 aromatic heterocycles. The number of hydroxylamine groups is 2. The van der Waals surface area contributed by atoms with Crippen molar-refractivity contribution in [3.63, 3.8) is 0 Å². The van der Waals surface area contributed by atoms with Crippen LogP contribution in [0.1, 0.15) is 24.6 Å². The van der Waals surface area contributed by atoms with Gasteiger partial charge in [-0.15, -0.1) is 0 Å². The highest BCUT2D eigenvalue weighted by molar-refractivity contribution is 5.76. The maximum Gasteiger partial charge on any atom is 0.262 e. The third kappa shape index (κ3) is 1.72. The van der Waals surface area contributed by atoms with Gasteiger partial charge in [0.2, 0.25) is 0 Å². The summed E-state index contributed by atoms with van der Waals surface area (Å²) in [6.07, 6.45) is 3.02. The standard InChI is InChI=1S/C11H15N5O2/c1-7-9-10(12-6-13-11(9)17)16(14-7)8-2-4-15(18)5-3-8/h6,8,18H,2-5H2,1H3,(H,12,13,17). The number of nitrogens with one attached hydrogen (secondary N) is 1. The van der Waals surface area contributed by atoms with Crippen molar-refractivity contribution in [3.8, 4) is 0 Å². The molecule has 7 heteroatoms. The predicted molar refractivity (Wildman–Crippen MR) is 64.5 cm³/mol. The molecule has 2 aromatic rings. The molecule has 96 valence electrons. The second-order valence-corrected chi connectivity index (χ2v) is 4.65. The third-order valence-electron chi connectivity index (χ3n) is 3.46. The summed E-state index contributed by atoms with van der Waals surface area (Å²) >= 11 is 0. The van der Waals surface area contributed by atoms with Gasteiger partial charge in [-0.2, -0.15) is 10.2 Å². The van der Waals surface area contributed by atoms with Crippen LogP contribution in [-0.4, -0.2) is 43.1 Å². The van der Waals surface area contributed by atoms with Crippen LogP contribution in [0, 0.1) is 6.92 Å². The van der Waals surface area contributed by atoms with E-state index >= 15 is 0 Å². The van der Waals surface area contributed by atoms with Gasteiger partial charge >= 0.3 is 0 Å². The van der Waals surface area contributed by atoms with Crippen molar-refractivity contribution in [2.24, 2.45) is 0 Å². The molecule has 1 saturated heterocycles. The molecule has 3 heterocycles. The van der Waals surface area contributed by atoms with E-state index in [2.05, 4.69) is 15.1 Å². The van der Waals surface area contributed by atoms with Gasteiger partial charge in [0.15, 0.2) is 5.65 Å². The van der Waals surface area contributed by atoms with E-state index < -0.39 is 0 Å². The van der Waals surface area contributed by atoms with Crippen molar-refractivity contribution in [1.82, 2.24) is 24.8 Å². The van der Waals surface area contributed by atoms with Crippen molar-refractivity contribution in [1.29, 1.82) is 0 Å². The summed E-state index contributed by atoms with van der Waals surface area (Å²) in [5.41, 5.74) is 1.18. The Hall–Kier alpha value is -1.73. The molecule has 0 amide bonds. The van der Waals surface area contributed by atoms with Crippen molar-refractivity contribution >= 4 is 11.0 Å². The second kappa shape index (κ2) is 4.18. The van der Waals surface area contributed by atoms with Gasteiger partial charge in [-0.3, -0.25) is 4.79 Å². The van der Waals surface area contributed by atoms with Crippen LogP contribution in [0.2, 0.25) is 0 Å². The molecule has 0 aliphatic carbocycles. The Bertz CT molecular complexity index is 624. The number of piperidine rings is 1. The average molecular weight is 249 g/mol. The number of hydrogen-bond donors (Lipinski definition) is 2. The Morgan fingerprint density at radius 3 is 2.89 bits per heavy atom. The Labute approximate surface area is 103 Å². The van der Waals surface area contributed by atoms with E-state index in [0.29, 0.717) is 29.8 Å². The fourth-order valence-corrected chi connectivity index (χ4v) is 2.50. The monoisotopic (exact) mass is 249 g/mol. The van der Waals surface area contributed by atoms with Gasteiger partial charge in [-0.05, 0) is 19.8 Å². The van der Waals surface area contributed by atoms with E-state index in [1.165, 1.54) is 11.4 Å². The van der Waals surface area contributed by atoms with Gasteiger partial charge < -0.3 is 10.2 Å². The molecule has 0 bridgehead atoms. The number of hydrogen-bond acceptors (Lipinski definition) is 5. The van der Waals surface area contributed by atoms with Gasteiger partial charge in [0, 0.05) is 13.1 Å². The van der Waals surface area contributed by atoms with Gasteiger partial charge in [-0.1, -0.05) is 0 Å². The Kier molecular flexibility index (Phi) is 2.64. The number of aromatic amines is 1. The van der Waals surface area contributed by atoms with Crippen molar-refractivity contribution in [3.05, 3.63) is 22.4 Å². The summed E-state index contributed by atoms with van der Waals surface area (Å²) in [6, 6.07) is 0.193. The second-order valence-electron chi connectivity index (χ2n) is 4.65. The van der Waals surface area contributed by atoms with Gasteiger partial charge in [0.1, 0.15) is 5.39 Å². The Balaban J connectivity index is 2.08. The zero-order chi connectivity index (χ0) is 12.7. The number of aryl methyl sites for hydroxylation is 1. The molecule has 0 saturated carbocycles. The maximum atomic E-state index is 11.8. The smallest absolute Gasteiger partial charge is 0.262 e. The Morgan fingerprint density at radius 1 is 1.44 bits per heavy atom. The molecule has 3 rings (SSSR count). The highest BCUT2D eigenvalue weighted by Crippen LogP contribution is 2.24. The lowest BCUT2D eigenvalue weighted by Gasteiger charge is -2.27. The first-order valence-electron chi connectivity index (χ1n) is 6.03. The Morgan fingerprint density at radius 2 is 2.17 bits per heavy atom. The first kappa shape index (κ1) is 11.4. The SMILES string of the molecule is Cc1nn(C2CCN(O)CC2)c2nc[nH]c(=O)c12. The largest absolute Gasteiger partial charge is 0.314 e. The molecule has 0 unspecified atom stereocenters. The zero-order valence-corrected chi connectivity index (χ0v) is 10.1. The summed E-state index contributed by atoms with van der Waals surface area (Å²) in [4.78, 5) is 18.5. The summed E-state index contributed by atoms with van der Waals surface area (Å²) in [5.74, 6) is 0. The number of rotatable bonds is 1. The molecule has 2 N–H and O–H groups in total. The molecule has 18 heavy (non-hydrogen) atoms. The maximum absolute atomic E-state index is 11.8. The molecule has 1 aliphatic rings. The van der Waals surface area contributed by atoms with Crippen LogP contribution in [0.4, 0.5) is 0 Å². The predicted octanol–water partition coefficient (Wildman–Crippen LogP) is 0.454. The fraction of sp³-hybridized carbons (Fsp3) is 0.545. The van der Waals surface area contributed by atoms with Crippen LogP contribution in [0.3, 0.4) is 0 Å². The van der Waals surface area contributed by atoms with Crippen LogP contribution in [0.5, 0.6) is 0 Å². The highest BCUT2D eigenvalue weighted by atomic mass is 16.5. The molecule has 1 aliphatic heterocycles. The summed E-state index contributed by atoms with van der Waals surface area (Å²) in [6.45, 7) is 3.06. The molecular formula is C11H15N5O2. The first-order valence-corrected chi connectivity index (χ1v) is 6.03. The average Bonchev–Trinajstić information content (AvgIpc) is 2.69. The molecule has 0 spiro atoms. The minimum absolute atomic E-state index is 0.150. The van der Waals surface area contributed by atoms with E-state index in [-0.39, 0.29) is 11.6 Å². The number of H-pyrrole nitrogens is 1. The number of nitrogens with zero attached hydrogens (tertiary/aromatic N) is 4. The van der Waals surface area contributed by atoms with Crippen LogP contribution in [0.15, 0.2) is 11.1 Å². The van der Waals surface area contributed by atoms with Gasteiger partial charge in [-0.25, -0.2) is 9.67 Å². The first-order chi connectivity index (χ1) is 8.66. The fourth-order valence-electron chi connectivity index (χ4n) is 2.50. The number of fused-ring (bicyclic) bond motifs is 1. The van der Waals surface area contributed by atoms with E-state index in [1.54, 1.807) is 0 Å². The molecule has 0 aromatic carbocycles. The van der Waals surface area contributed by atoms with Crippen molar-refractivity contribution in [2.75, 3.05) is 13.1 Å². The van der Waals surface area contributed by atoms with Crippen LogP contribution in [0.25, 0.3) is 11.0 Å². The van der Waals surface area contributed by atoms with Crippen LogP contribution in [-0.2, 0) is 0 Å². The van der Waals surface area contributed by atoms with Gasteiger partial charge in [0.25, 0.3) is 5.56 Å². The normalized spacial score (nSPS) is 18.6. The lowest BCUT2D eigenvalue weighted by molar-refractivity contribution is -0.110. The quantitative estimate of drug-likeness (QED) is 0.766. The lowest BCUT2D eigenvalue weighted by atomic mass is 10.1. The summed E-state index contributed by atoms with van der Waals surface area (Å²) in [7, 11) is 0. The third-order valence-corrected chi connectivity index (χ3v) is 3.46. The number of aromatic nitrogens is 4. The van der Waals surface area contributed by atoms with Crippen LogP contribution >= 0.6 is 0 Å². The lowest BCUT2D eigenvalue weighted by Crippen LogP contribution is -2.32. The van der Waals surface area contributed by atoms with Crippen molar-refractivity contribution in [2.45, 2.75) is 25.8 Å².